The molecule has 16 atom stereocenters. The molecule has 2 saturated heterocycles. The van der Waals surface area contributed by atoms with Crippen molar-refractivity contribution in [3.05, 3.63) is 59.2 Å². The number of ether oxygens (including phenoxy) is 5. The Kier molecular flexibility index (Phi) is 20.1. The molecule has 380 valence electrons. The molecule has 3 fully saturated rings. The van der Waals surface area contributed by atoms with Crippen LogP contribution in [0.1, 0.15) is 111 Å². The Bertz CT molecular complexity index is 1950. The van der Waals surface area contributed by atoms with E-state index < -0.39 is 95.9 Å². The highest BCUT2D eigenvalue weighted by atomic mass is 19.1. The zero-order chi connectivity index (χ0) is 50.0. The smallest absolute Gasteiger partial charge is 0.329 e. The van der Waals surface area contributed by atoms with Gasteiger partial charge in [-0.25, -0.2) is 9.18 Å². The number of hydrogen-bond donors (Lipinski definition) is 4. The Balaban J connectivity index is 1.46. The van der Waals surface area contributed by atoms with Crippen LogP contribution in [-0.4, -0.2) is 139 Å². The Morgan fingerprint density at radius 3 is 2.29 bits per heavy atom. The minimum Gasteiger partial charge on any atom is -0.456 e. The Labute approximate surface area is 402 Å². The van der Waals surface area contributed by atoms with Crippen LogP contribution in [0.4, 0.5) is 4.39 Å². The molecule has 5 rings (SSSR count). The lowest BCUT2D eigenvalue weighted by Gasteiger charge is -2.47. The Morgan fingerprint density at radius 1 is 0.985 bits per heavy atom. The van der Waals surface area contributed by atoms with Crippen LogP contribution in [0.3, 0.4) is 0 Å². The van der Waals surface area contributed by atoms with E-state index in [9.17, 15) is 34.2 Å². The number of allylic oxidation sites excluding steroid dienone is 3. The SMILES string of the molecule is CCC1/C=C(\C)C(F)C(C)CC(OC)C2OC(O)(C(=O)C(=O)N3CCCCC3C(=O)OC(C(C)=CC3CCC(NC(=O)[C@H](N)Cc4ccccc4)C(OC)C3)C(C)C(O)CC1=O)C(C)CC2OC. The van der Waals surface area contributed by atoms with Gasteiger partial charge >= 0.3 is 5.97 Å². The highest BCUT2D eigenvalue weighted by Gasteiger charge is 2.57. The van der Waals surface area contributed by atoms with Gasteiger partial charge in [-0.05, 0) is 107 Å². The van der Waals surface area contributed by atoms with Crippen LogP contribution in [0, 0.1) is 29.6 Å². The summed E-state index contributed by atoms with van der Waals surface area (Å²) in [4.78, 5) is 71.6. The van der Waals surface area contributed by atoms with Crippen molar-refractivity contribution in [1.82, 2.24) is 10.2 Å². The van der Waals surface area contributed by atoms with Gasteiger partial charge in [-0.3, -0.25) is 19.2 Å². The molecule has 1 aromatic carbocycles. The molecule has 0 aromatic heterocycles. The quantitative estimate of drug-likeness (QED) is 0.137. The summed E-state index contributed by atoms with van der Waals surface area (Å²) in [5, 5.41) is 27.0. The van der Waals surface area contributed by atoms with Crippen molar-refractivity contribution >= 4 is 29.4 Å². The second-order valence-electron chi connectivity index (χ2n) is 20.0. The van der Waals surface area contributed by atoms with Gasteiger partial charge < -0.3 is 49.8 Å². The van der Waals surface area contributed by atoms with Crippen LogP contribution in [-0.2, 0) is 54.1 Å². The third-order valence-corrected chi connectivity index (χ3v) is 15.1. The monoisotopic (exact) mass is 956 g/mol. The first-order valence-corrected chi connectivity index (χ1v) is 24.6. The Morgan fingerprint density at radius 2 is 1.65 bits per heavy atom. The summed E-state index contributed by atoms with van der Waals surface area (Å²) in [6.07, 6.45) is 0.167. The Hall–Kier alpha value is -3.90. The van der Waals surface area contributed by atoms with E-state index in [2.05, 4.69) is 5.32 Å². The average molecular weight is 956 g/mol. The van der Waals surface area contributed by atoms with Crippen molar-refractivity contribution < 1.29 is 62.3 Å². The maximum atomic E-state index is 16.3. The molecule has 68 heavy (non-hydrogen) atoms. The van der Waals surface area contributed by atoms with Gasteiger partial charge in [0.1, 0.15) is 30.2 Å². The summed E-state index contributed by atoms with van der Waals surface area (Å²) in [5.74, 6) is -9.64. The topological polar surface area (TPSA) is 213 Å². The highest BCUT2D eigenvalue weighted by molar-refractivity contribution is 6.39. The summed E-state index contributed by atoms with van der Waals surface area (Å²) >= 11 is 0. The van der Waals surface area contributed by atoms with Crippen LogP contribution >= 0.6 is 0 Å². The molecule has 0 spiro atoms. The van der Waals surface area contributed by atoms with Crippen LogP contribution in [0.25, 0.3) is 0 Å². The van der Waals surface area contributed by atoms with Gasteiger partial charge in [-0.15, -0.1) is 0 Å². The van der Waals surface area contributed by atoms with Gasteiger partial charge in [0.2, 0.25) is 11.7 Å². The van der Waals surface area contributed by atoms with Crippen molar-refractivity contribution in [2.24, 2.45) is 35.3 Å². The number of nitrogens with two attached hydrogens (primary N) is 1. The lowest BCUT2D eigenvalue weighted by atomic mass is 9.80. The first kappa shape index (κ1) is 55.0. The number of halogens is 1. The van der Waals surface area contributed by atoms with Crippen LogP contribution < -0.4 is 11.1 Å². The zero-order valence-electron chi connectivity index (χ0n) is 41.6. The number of cyclic esters (lactones) is 1. The van der Waals surface area contributed by atoms with Gasteiger partial charge in [0.05, 0.1) is 36.5 Å². The molecule has 0 radical (unpaired) electrons. The second-order valence-corrected chi connectivity index (χ2v) is 20.0. The lowest BCUT2D eigenvalue weighted by Crippen LogP contribution is -2.64. The number of nitrogens with one attached hydrogen (secondary N) is 1. The number of aliphatic hydroxyl groups excluding tert-OH is 1. The number of ketones is 2. The van der Waals surface area contributed by atoms with E-state index in [1.54, 1.807) is 47.8 Å². The molecule has 1 aromatic rings. The van der Waals surface area contributed by atoms with E-state index in [1.807, 2.05) is 43.3 Å². The van der Waals surface area contributed by atoms with E-state index in [1.165, 1.54) is 14.2 Å². The summed E-state index contributed by atoms with van der Waals surface area (Å²) in [5.41, 5.74) is 8.17. The lowest BCUT2D eigenvalue weighted by molar-refractivity contribution is -0.302. The van der Waals surface area contributed by atoms with Crippen LogP contribution in [0.5, 0.6) is 0 Å². The maximum absolute atomic E-state index is 16.3. The summed E-state index contributed by atoms with van der Waals surface area (Å²) < 4.78 is 46.4. The number of hydrogen-bond acceptors (Lipinski definition) is 13. The number of benzene rings is 1. The third-order valence-electron chi connectivity index (χ3n) is 15.1. The number of Topliss-reactive ketones (excluding diaryl/α,β-unsaturated/α-hetero) is 2. The molecular formula is C52H78FN3O12. The highest BCUT2D eigenvalue weighted by Crippen LogP contribution is 2.40. The largest absolute Gasteiger partial charge is 0.456 e. The van der Waals surface area contributed by atoms with Crippen molar-refractivity contribution in [2.45, 2.75) is 179 Å². The summed E-state index contributed by atoms with van der Waals surface area (Å²) in [6, 6.07) is 7.28. The molecule has 16 heteroatoms. The fourth-order valence-corrected chi connectivity index (χ4v) is 10.7. The number of methoxy groups -OCH3 is 3. The molecule has 3 heterocycles. The van der Waals surface area contributed by atoms with Crippen molar-refractivity contribution in [1.29, 1.82) is 0 Å². The van der Waals surface area contributed by atoms with Crippen LogP contribution in [0.2, 0.25) is 0 Å². The van der Waals surface area contributed by atoms with E-state index in [0.717, 1.165) is 10.5 Å². The predicted octanol–water partition coefficient (Wildman–Crippen LogP) is 5.11. The molecule has 4 aliphatic rings. The standard InChI is InChI=1S/C52H78FN3O12/c1-10-36-23-29(2)45(53)30(3)24-43(65-8)47-44(66-9)25-32(5)52(63,68-47)48(59)50(61)56-21-15-14-18-39(56)51(62)67-46(33(6)40(57)28-41(36)58)31(4)22-35-19-20-38(42(27-35)64-7)55-49(60)37(54)26-34-16-12-11-13-17-34/h11-13,16-17,22-23,30,32-33,35-40,42-47,57,63H,10,14-15,18-21,24-28,54H2,1-9H3,(H,55,60)/b29-23+,31-22?/t30?,32?,33?,35?,36?,37-,38?,39?,40?,42?,43?,44?,45?,46?,47?,52?/m1/s1. The minimum absolute atomic E-state index is 0.0291. The number of nitrogens with zero attached hydrogens (tertiary/aromatic N) is 1. The molecule has 5 N–H and O–H groups in total. The molecule has 2 amide bonds. The number of esters is 1. The number of aliphatic hydroxyl groups is 2. The molecule has 2 bridgehead atoms. The van der Waals surface area contributed by atoms with Gasteiger partial charge in [0.15, 0.2) is 0 Å². The minimum atomic E-state index is -2.63. The molecule has 15 unspecified atom stereocenters. The van der Waals surface area contributed by atoms with Gasteiger partial charge in [-0.1, -0.05) is 70.2 Å². The average Bonchev–Trinajstić information content (AvgIpc) is 3.33. The van der Waals surface area contributed by atoms with Crippen molar-refractivity contribution in [2.75, 3.05) is 27.9 Å². The van der Waals surface area contributed by atoms with E-state index in [4.69, 9.17) is 29.4 Å². The van der Waals surface area contributed by atoms with Gasteiger partial charge in [-0.2, -0.15) is 0 Å². The fourth-order valence-electron chi connectivity index (χ4n) is 10.7. The van der Waals surface area contributed by atoms with Gasteiger partial charge in [0, 0.05) is 52.0 Å². The molecule has 1 saturated carbocycles. The first-order valence-electron chi connectivity index (χ1n) is 24.6. The van der Waals surface area contributed by atoms with E-state index >= 15 is 4.39 Å². The van der Waals surface area contributed by atoms with Crippen LogP contribution in [0.15, 0.2) is 53.6 Å². The van der Waals surface area contributed by atoms with E-state index in [0.29, 0.717) is 56.1 Å². The summed E-state index contributed by atoms with van der Waals surface area (Å²) in [6.45, 7) is 10.2. The number of carbonyl (C=O) groups is 5. The van der Waals surface area contributed by atoms with Crippen molar-refractivity contribution in [3.8, 4) is 0 Å². The normalized spacial score (nSPS) is 37.8. The molecule has 1 aliphatic carbocycles. The number of fused-ring (bicyclic) bond motifs is 3. The van der Waals surface area contributed by atoms with Crippen molar-refractivity contribution in [3.63, 3.8) is 0 Å². The fraction of sp³-hybridized carbons (Fsp3) is 0.712. The molecule has 15 nitrogen and oxygen atoms in total. The first-order chi connectivity index (χ1) is 32.3. The zero-order valence-corrected chi connectivity index (χ0v) is 41.6. The molecular weight excluding hydrogens is 878 g/mol. The number of carbonyl (C=O) groups excluding carboxylic acids is 5. The molecule has 3 aliphatic heterocycles. The van der Waals surface area contributed by atoms with Gasteiger partial charge in [0.25, 0.3) is 11.7 Å². The second kappa shape index (κ2) is 24.8. The predicted molar refractivity (Wildman–Crippen MR) is 252 cm³/mol. The number of alkyl halides is 1. The van der Waals surface area contributed by atoms with E-state index in [-0.39, 0.29) is 62.0 Å². The third kappa shape index (κ3) is 13.1. The summed E-state index contributed by atoms with van der Waals surface area (Å²) in [7, 11) is 4.46. The maximum Gasteiger partial charge on any atom is 0.329 e. The number of amides is 2. The number of piperidine rings is 1. The number of rotatable bonds is 10.